The topological polar surface area (TPSA) is 87.1 Å². The quantitative estimate of drug-likeness (QED) is 0.170. The van der Waals surface area contributed by atoms with Gasteiger partial charge in [-0.2, -0.15) is 22.5 Å². The first-order chi connectivity index (χ1) is 21.8. The number of anilines is 2. The summed E-state index contributed by atoms with van der Waals surface area (Å²) in [6.07, 6.45) is 1.01. The van der Waals surface area contributed by atoms with Gasteiger partial charge in [0.25, 0.3) is 17.8 Å². The number of benzene rings is 3. The third kappa shape index (κ3) is 6.79. The van der Waals surface area contributed by atoms with E-state index in [0.29, 0.717) is 31.8 Å². The predicted molar refractivity (Wildman–Crippen MR) is 161 cm³/mol. The van der Waals surface area contributed by atoms with E-state index in [2.05, 4.69) is 15.3 Å². The second-order valence-electron chi connectivity index (χ2n) is 10.2. The summed E-state index contributed by atoms with van der Waals surface area (Å²) >= 11 is 0. The molecule has 1 N–H and O–H groups in total. The maximum Gasteiger partial charge on any atom is 0.272 e. The molecule has 1 atom stereocenters. The number of carbonyl (C=O) groups is 2. The second kappa shape index (κ2) is 14.0. The second-order valence-corrected chi connectivity index (χ2v) is 10.2. The summed E-state index contributed by atoms with van der Waals surface area (Å²) in [5.74, 6) is -5.59. The number of aromatic nitrogens is 1. The van der Waals surface area contributed by atoms with Crippen molar-refractivity contribution in [1.29, 1.82) is 0 Å². The van der Waals surface area contributed by atoms with Crippen LogP contribution in [0, 0.1) is 23.5 Å². The van der Waals surface area contributed by atoms with Crippen LogP contribution in [0.4, 0.5) is 28.9 Å². The molecule has 0 bridgehead atoms. The molecule has 6 rings (SSSR count). The van der Waals surface area contributed by atoms with Crippen molar-refractivity contribution in [2.45, 2.75) is 25.6 Å². The molecule has 0 saturated carbocycles. The number of carbonyl (C=O) groups excluding carboxylic acids is 2. The van der Waals surface area contributed by atoms with E-state index in [4.69, 9.17) is 4.74 Å². The maximum atomic E-state index is 13.4. The molecule has 3 heterocycles. The van der Waals surface area contributed by atoms with E-state index >= 15 is 0 Å². The Balaban J connectivity index is 0.000000223. The highest BCUT2D eigenvalue weighted by Gasteiger charge is 2.32. The normalized spacial score (nSPS) is 15.8. The van der Waals surface area contributed by atoms with Crippen molar-refractivity contribution < 1.29 is 31.9 Å². The van der Waals surface area contributed by atoms with Crippen molar-refractivity contribution in [3.8, 4) is 5.75 Å². The number of para-hydroxylation sites is 1. The number of amides is 2. The molecule has 2 aliphatic heterocycles. The predicted octanol–water partition coefficient (Wildman–Crippen LogP) is 5.39. The number of nitrogens with one attached hydrogen (secondary N) is 1. The summed E-state index contributed by atoms with van der Waals surface area (Å²) in [6.45, 7) is 1.14. The fourth-order valence-electron chi connectivity index (χ4n) is 5.20. The highest BCUT2D eigenvalue weighted by molar-refractivity contribution is 6.20. The van der Waals surface area contributed by atoms with Crippen molar-refractivity contribution >= 4 is 29.4 Å². The monoisotopic (exact) mass is 619 g/mol. The lowest BCUT2D eigenvalue weighted by Gasteiger charge is -2.25. The molecule has 0 spiro atoms. The minimum atomic E-state index is -1.60. The number of hydrogen-bond acceptors (Lipinski definition) is 6. The molecule has 2 aliphatic rings. The number of ether oxygens (including phenoxy) is 1. The number of benzodiazepines with no additional fused rings is 1. The number of fused-ring (bicyclic) bond motifs is 1. The van der Waals surface area contributed by atoms with Crippen LogP contribution in [0.1, 0.15) is 29.5 Å². The Morgan fingerprint density at radius 3 is 2.13 bits per heavy atom. The van der Waals surface area contributed by atoms with Crippen molar-refractivity contribution in [3.63, 3.8) is 0 Å². The minimum Gasteiger partial charge on any atom is -0.497 e. The van der Waals surface area contributed by atoms with Crippen molar-refractivity contribution in [1.82, 2.24) is 10.3 Å². The molecule has 1 unspecified atom stereocenters. The zero-order valence-electron chi connectivity index (χ0n) is 24.2. The minimum absolute atomic E-state index is 0.295. The van der Waals surface area contributed by atoms with Crippen molar-refractivity contribution in [2.24, 2.45) is 4.99 Å². The Bertz CT molecular complexity index is 1670. The van der Waals surface area contributed by atoms with E-state index < -0.39 is 35.4 Å². The first-order valence-corrected chi connectivity index (χ1v) is 14.1. The molecule has 1 fully saturated rings. The molecule has 232 valence electrons. The lowest BCUT2D eigenvalue weighted by molar-refractivity contribution is -0.123. The van der Waals surface area contributed by atoms with E-state index in [1.807, 2.05) is 78.9 Å². The van der Waals surface area contributed by atoms with Gasteiger partial charge in [0.1, 0.15) is 11.4 Å². The van der Waals surface area contributed by atoms with Crippen LogP contribution in [0.15, 0.2) is 83.9 Å². The number of pyridine rings is 1. The van der Waals surface area contributed by atoms with Gasteiger partial charge in [-0.15, -0.1) is 0 Å². The van der Waals surface area contributed by atoms with Gasteiger partial charge in [-0.25, -0.2) is 4.99 Å². The van der Waals surface area contributed by atoms with E-state index in [0.717, 1.165) is 41.0 Å². The van der Waals surface area contributed by atoms with Gasteiger partial charge in [0, 0.05) is 24.2 Å². The van der Waals surface area contributed by atoms with Crippen LogP contribution in [0.25, 0.3) is 0 Å². The van der Waals surface area contributed by atoms with Crippen LogP contribution < -0.4 is 19.9 Å². The van der Waals surface area contributed by atoms with Crippen LogP contribution in [0.2, 0.25) is 0 Å². The molecular weight excluding hydrogens is 590 g/mol. The van der Waals surface area contributed by atoms with Gasteiger partial charge in [-0.3, -0.25) is 9.59 Å². The standard InChI is InChI=1S/C24H21N3O3.C9H8F4N2/c1-30-19-13-11-17(12-14-19)15-27-21-10-6-5-9-20(21)22(18-7-3-2-4-8-18)26-23(24(27)29)25-16-28;10-5-7(15-3-1-2-4-15)6(11)9(13)14-8(5)12/h2-14,16,23H,15H2,1H3,(H,25,28);1-4H2. The fraction of sp³-hybridized carbons (Fsp3) is 0.212. The van der Waals surface area contributed by atoms with E-state index in [9.17, 15) is 27.2 Å². The van der Waals surface area contributed by atoms with Gasteiger partial charge in [0.2, 0.25) is 24.2 Å². The number of hydrogen-bond donors (Lipinski definition) is 1. The number of aliphatic imine (C=N–C) groups is 1. The largest absolute Gasteiger partial charge is 0.497 e. The van der Waals surface area contributed by atoms with Crippen LogP contribution in [-0.4, -0.2) is 49.4 Å². The maximum absolute atomic E-state index is 13.4. The van der Waals surface area contributed by atoms with Crippen LogP contribution in [0.5, 0.6) is 5.75 Å². The Labute approximate surface area is 257 Å². The summed E-state index contributed by atoms with van der Waals surface area (Å²) in [5.41, 5.74) is 3.42. The summed E-state index contributed by atoms with van der Waals surface area (Å²) in [4.78, 5) is 34.7. The van der Waals surface area contributed by atoms with Gasteiger partial charge in [0.15, 0.2) is 0 Å². The number of nitrogens with zero attached hydrogens (tertiary/aromatic N) is 4. The van der Waals surface area contributed by atoms with Gasteiger partial charge in [0.05, 0.1) is 25.1 Å². The average Bonchev–Trinajstić information content (AvgIpc) is 3.57. The molecule has 0 aliphatic carbocycles. The average molecular weight is 620 g/mol. The molecule has 4 aromatic rings. The molecule has 45 heavy (non-hydrogen) atoms. The zero-order valence-corrected chi connectivity index (χ0v) is 24.2. The van der Waals surface area contributed by atoms with Gasteiger partial charge in [-0.05, 0) is 36.6 Å². The third-order valence-electron chi connectivity index (χ3n) is 7.38. The zero-order chi connectivity index (χ0) is 31.9. The number of methoxy groups -OCH3 is 1. The Morgan fingerprint density at radius 2 is 1.51 bits per heavy atom. The van der Waals surface area contributed by atoms with E-state index in [-0.39, 0.29) is 5.91 Å². The third-order valence-corrected chi connectivity index (χ3v) is 7.38. The summed E-state index contributed by atoms with van der Waals surface area (Å²) in [6, 6.07) is 24.9. The molecular formula is C33H29F4N5O3. The summed E-state index contributed by atoms with van der Waals surface area (Å²) < 4.78 is 57.1. The molecule has 8 nitrogen and oxygen atoms in total. The summed E-state index contributed by atoms with van der Waals surface area (Å²) in [5, 5.41) is 2.56. The lowest BCUT2D eigenvalue weighted by atomic mass is 10.00. The molecule has 12 heteroatoms. The van der Waals surface area contributed by atoms with Gasteiger partial charge >= 0.3 is 0 Å². The van der Waals surface area contributed by atoms with Gasteiger partial charge < -0.3 is 19.9 Å². The molecule has 3 aromatic carbocycles. The summed E-state index contributed by atoms with van der Waals surface area (Å²) in [7, 11) is 1.61. The molecule has 1 saturated heterocycles. The van der Waals surface area contributed by atoms with Crippen molar-refractivity contribution in [2.75, 3.05) is 30.0 Å². The first-order valence-electron chi connectivity index (χ1n) is 14.1. The molecule has 1 aromatic heterocycles. The number of halogens is 4. The highest BCUT2D eigenvalue weighted by atomic mass is 19.2. The smallest absolute Gasteiger partial charge is 0.272 e. The van der Waals surface area contributed by atoms with Crippen LogP contribution >= 0.6 is 0 Å². The SMILES string of the molecule is COc1ccc(CN2C(=O)C(NC=O)N=C(c3ccccc3)c3ccccc32)cc1.Fc1nc(F)c(F)c(N2CCCC2)c1F. The Kier molecular flexibility index (Phi) is 9.71. The first kappa shape index (κ1) is 31.2. The molecule has 0 radical (unpaired) electrons. The Hall–Kier alpha value is -5.26. The van der Waals surface area contributed by atoms with Gasteiger partial charge in [-0.1, -0.05) is 60.7 Å². The van der Waals surface area contributed by atoms with E-state index in [1.165, 1.54) is 4.90 Å². The fourth-order valence-corrected chi connectivity index (χ4v) is 5.20. The highest BCUT2D eigenvalue weighted by Crippen LogP contribution is 2.30. The van der Waals surface area contributed by atoms with Crippen LogP contribution in [-0.2, 0) is 16.1 Å². The number of rotatable bonds is 7. The lowest BCUT2D eigenvalue weighted by Crippen LogP contribution is -2.44. The molecule has 2 amide bonds. The van der Waals surface area contributed by atoms with Crippen LogP contribution in [0.3, 0.4) is 0 Å². The van der Waals surface area contributed by atoms with Crippen molar-refractivity contribution in [3.05, 3.63) is 119 Å². The van der Waals surface area contributed by atoms with E-state index in [1.54, 1.807) is 12.0 Å². The Morgan fingerprint density at radius 1 is 0.889 bits per heavy atom.